The third kappa shape index (κ3) is 2.67. The van der Waals surface area contributed by atoms with Gasteiger partial charge in [-0.2, -0.15) is 0 Å². The standard InChI is InChI=1S/C17H23NO3/c1-4-17(16(20)21)10-5-11-18(17)15(19)14-8-6-13(7-9-14)12(2)3/h6-9,12H,4-5,10-11H2,1-3H3,(H,20,21). The van der Waals surface area contributed by atoms with Crippen LogP contribution in [-0.4, -0.2) is 34.0 Å². The Morgan fingerprint density at radius 1 is 1.29 bits per heavy atom. The predicted octanol–water partition coefficient (Wildman–Crippen LogP) is 3.28. The van der Waals surface area contributed by atoms with E-state index < -0.39 is 11.5 Å². The summed E-state index contributed by atoms with van der Waals surface area (Å²) < 4.78 is 0. The number of likely N-dealkylation sites (tertiary alicyclic amines) is 1. The average molecular weight is 289 g/mol. The van der Waals surface area contributed by atoms with Gasteiger partial charge in [0.25, 0.3) is 5.91 Å². The van der Waals surface area contributed by atoms with E-state index in [1.54, 1.807) is 17.0 Å². The van der Waals surface area contributed by atoms with Gasteiger partial charge in [0.15, 0.2) is 0 Å². The molecule has 1 unspecified atom stereocenters. The van der Waals surface area contributed by atoms with Gasteiger partial charge < -0.3 is 10.0 Å². The van der Waals surface area contributed by atoms with E-state index in [0.29, 0.717) is 30.9 Å². The van der Waals surface area contributed by atoms with Gasteiger partial charge in [0, 0.05) is 12.1 Å². The SMILES string of the molecule is CCC1(C(=O)O)CCCN1C(=O)c1ccc(C(C)C)cc1. The van der Waals surface area contributed by atoms with Crippen LogP contribution in [0.2, 0.25) is 0 Å². The molecule has 114 valence electrons. The molecule has 0 bridgehead atoms. The van der Waals surface area contributed by atoms with Gasteiger partial charge in [-0.1, -0.05) is 32.9 Å². The Morgan fingerprint density at radius 3 is 2.38 bits per heavy atom. The number of amides is 1. The summed E-state index contributed by atoms with van der Waals surface area (Å²) in [6.07, 6.45) is 1.72. The number of hydrogen-bond acceptors (Lipinski definition) is 2. The van der Waals surface area contributed by atoms with Gasteiger partial charge in [0.05, 0.1) is 0 Å². The van der Waals surface area contributed by atoms with Crippen molar-refractivity contribution < 1.29 is 14.7 Å². The summed E-state index contributed by atoms with van der Waals surface area (Å²) in [5.74, 6) is -0.656. The molecule has 0 saturated carbocycles. The molecule has 1 heterocycles. The lowest BCUT2D eigenvalue weighted by atomic mass is 9.92. The number of nitrogens with zero attached hydrogens (tertiary/aromatic N) is 1. The summed E-state index contributed by atoms with van der Waals surface area (Å²) in [5, 5.41) is 9.55. The Morgan fingerprint density at radius 2 is 1.90 bits per heavy atom. The first kappa shape index (κ1) is 15.5. The highest BCUT2D eigenvalue weighted by Gasteiger charge is 2.48. The van der Waals surface area contributed by atoms with Crippen LogP contribution >= 0.6 is 0 Å². The highest BCUT2D eigenvalue weighted by molar-refractivity contribution is 5.98. The number of hydrogen-bond donors (Lipinski definition) is 1. The summed E-state index contributed by atoms with van der Waals surface area (Å²) in [5.41, 5.74) is 0.710. The molecule has 1 atom stereocenters. The molecule has 1 aliphatic rings. The van der Waals surface area contributed by atoms with Crippen LogP contribution in [0.1, 0.15) is 61.9 Å². The minimum atomic E-state index is -1.03. The van der Waals surface area contributed by atoms with Gasteiger partial charge in [0.2, 0.25) is 0 Å². The number of carboxylic acids is 1. The van der Waals surface area contributed by atoms with E-state index in [4.69, 9.17) is 0 Å². The van der Waals surface area contributed by atoms with Crippen LogP contribution in [0.25, 0.3) is 0 Å². The number of benzene rings is 1. The van der Waals surface area contributed by atoms with Gasteiger partial charge in [-0.05, 0) is 42.9 Å². The second-order valence-electron chi connectivity index (χ2n) is 6.03. The molecule has 1 amide bonds. The van der Waals surface area contributed by atoms with Gasteiger partial charge in [0.1, 0.15) is 5.54 Å². The second-order valence-corrected chi connectivity index (χ2v) is 6.03. The molecule has 21 heavy (non-hydrogen) atoms. The summed E-state index contributed by atoms with van der Waals surface area (Å²) >= 11 is 0. The van der Waals surface area contributed by atoms with Gasteiger partial charge in [-0.25, -0.2) is 4.79 Å². The van der Waals surface area contributed by atoms with Gasteiger partial charge in [-0.15, -0.1) is 0 Å². The zero-order valence-electron chi connectivity index (χ0n) is 12.9. The average Bonchev–Trinajstić information content (AvgIpc) is 2.91. The molecular formula is C17H23NO3. The molecule has 1 N–H and O–H groups in total. The largest absolute Gasteiger partial charge is 0.479 e. The minimum Gasteiger partial charge on any atom is -0.479 e. The van der Waals surface area contributed by atoms with Crippen molar-refractivity contribution in [1.29, 1.82) is 0 Å². The number of carbonyl (C=O) groups is 2. The van der Waals surface area contributed by atoms with Crippen LogP contribution in [0.15, 0.2) is 24.3 Å². The molecule has 0 spiro atoms. The normalized spacial score (nSPS) is 21.8. The topological polar surface area (TPSA) is 57.6 Å². The van der Waals surface area contributed by atoms with E-state index in [1.165, 1.54) is 5.56 Å². The Bertz CT molecular complexity index is 535. The Kier molecular flexibility index (Phi) is 4.35. The number of rotatable bonds is 4. The van der Waals surface area contributed by atoms with Crippen LogP contribution in [0.5, 0.6) is 0 Å². The van der Waals surface area contributed by atoms with Crippen molar-refractivity contribution in [3.05, 3.63) is 35.4 Å². The maximum atomic E-state index is 12.7. The Balaban J connectivity index is 2.28. The maximum Gasteiger partial charge on any atom is 0.329 e. The number of carboxylic acid groups (broad SMARTS) is 1. The fourth-order valence-corrected chi connectivity index (χ4v) is 3.08. The van der Waals surface area contributed by atoms with E-state index >= 15 is 0 Å². The molecule has 1 fully saturated rings. The summed E-state index contributed by atoms with van der Waals surface area (Å²) in [6, 6.07) is 7.50. The number of carbonyl (C=O) groups excluding carboxylic acids is 1. The first-order valence-electron chi connectivity index (χ1n) is 7.57. The molecule has 1 aliphatic heterocycles. The van der Waals surface area contributed by atoms with Gasteiger partial charge >= 0.3 is 5.97 Å². The molecule has 4 heteroatoms. The molecule has 1 aromatic carbocycles. The monoisotopic (exact) mass is 289 g/mol. The highest BCUT2D eigenvalue weighted by Crippen LogP contribution is 2.34. The molecule has 0 aliphatic carbocycles. The van der Waals surface area contributed by atoms with E-state index in [9.17, 15) is 14.7 Å². The molecule has 4 nitrogen and oxygen atoms in total. The third-order valence-corrected chi connectivity index (χ3v) is 4.54. The van der Waals surface area contributed by atoms with E-state index in [1.807, 2.05) is 19.1 Å². The Labute approximate surface area is 125 Å². The third-order valence-electron chi connectivity index (χ3n) is 4.54. The lowest BCUT2D eigenvalue weighted by Gasteiger charge is -2.34. The van der Waals surface area contributed by atoms with Crippen molar-refractivity contribution in [3.63, 3.8) is 0 Å². The fourth-order valence-electron chi connectivity index (χ4n) is 3.08. The fraction of sp³-hybridized carbons (Fsp3) is 0.529. The zero-order chi connectivity index (χ0) is 15.6. The number of aliphatic carboxylic acids is 1. The van der Waals surface area contributed by atoms with Crippen molar-refractivity contribution >= 4 is 11.9 Å². The lowest BCUT2D eigenvalue weighted by Crippen LogP contribution is -2.52. The van der Waals surface area contributed by atoms with Crippen molar-refractivity contribution in [2.75, 3.05) is 6.54 Å². The summed E-state index contributed by atoms with van der Waals surface area (Å²) in [6.45, 7) is 6.56. The van der Waals surface area contributed by atoms with Gasteiger partial charge in [-0.3, -0.25) is 4.79 Å². The second kappa shape index (κ2) is 5.88. The molecule has 0 radical (unpaired) electrons. The van der Waals surface area contributed by atoms with Crippen molar-refractivity contribution in [1.82, 2.24) is 4.90 Å². The smallest absolute Gasteiger partial charge is 0.329 e. The molecule has 1 saturated heterocycles. The quantitative estimate of drug-likeness (QED) is 0.925. The van der Waals surface area contributed by atoms with Crippen LogP contribution in [-0.2, 0) is 4.79 Å². The highest BCUT2D eigenvalue weighted by atomic mass is 16.4. The Hall–Kier alpha value is -1.84. The lowest BCUT2D eigenvalue weighted by molar-refractivity contribution is -0.148. The van der Waals surface area contributed by atoms with E-state index in [0.717, 1.165) is 6.42 Å². The van der Waals surface area contributed by atoms with E-state index in [-0.39, 0.29) is 5.91 Å². The molecule has 1 aromatic rings. The van der Waals surface area contributed by atoms with Crippen LogP contribution in [0, 0.1) is 0 Å². The summed E-state index contributed by atoms with van der Waals surface area (Å²) in [7, 11) is 0. The van der Waals surface area contributed by atoms with Crippen LogP contribution in [0.3, 0.4) is 0 Å². The zero-order valence-corrected chi connectivity index (χ0v) is 12.9. The first-order valence-corrected chi connectivity index (χ1v) is 7.57. The molecule has 0 aromatic heterocycles. The van der Waals surface area contributed by atoms with Crippen LogP contribution < -0.4 is 0 Å². The predicted molar refractivity (Wildman–Crippen MR) is 81.5 cm³/mol. The van der Waals surface area contributed by atoms with Crippen LogP contribution in [0.4, 0.5) is 0 Å². The van der Waals surface area contributed by atoms with E-state index in [2.05, 4.69) is 13.8 Å². The minimum absolute atomic E-state index is 0.174. The maximum absolute atomic E-state index is 12.7. The van der Waals surface area contributed by atoms with Crippen molar-refractivity contribution in [2.24, 2.45) is 0 Å². The van der Waals surface area contributed by atoms with Crippen molar-refractivity contribution in [3.8, 4) is 0 Å². The molecular weight excluding hydrogens is 266 g/mol. The first-order chi connectivity index (χ1) is 9.92. The van der Waals surface area contributed by atoms with Crippen molar-refractivity contribution in [2.45, 2.75) is 51.5 Å². The molecule has 2 rings (SSSR count). The summed E-state index contributed by atoms with van der Waals surface area (Å²) in [4.78, 5) is 25.9.